The zero-order valence-electron chi connectivity index (χ0n) is 12.5. The molecular weight excluding hydrogens is 268 g/mol. The van der Waals surface area contributed by atoms with Gasteiger partial charge in [-0.15, -0.1) is 0 Å². The number of benzene rings is 1. The largest absolute Gasteiger partial charge is 0.494 e. The SMILES string of the molecule is CCOc1ccc(NC(=O)CCN(CCO)C2CC2)cc1. The molecule has 1 fully saturated rings. The van der Waals surface area contributed by atoms with E-state index in [1.165, 1.54) is 12.8 Å². The molecule has 1 saturated carbocycles. The lowest BCUT2D eigenvalue weighted by Gasteiger charge is -2.20. The van der Waals surface area contributed by atoms with Gasteiger partial charge in [0.05, 0.1) is 13.2 Å². The van der Waals surface area contributed by atoms with Gasteiger partial charge in [0.1, 0.15) is 5.75 Å². The standard InChI is InChI=1S/C16H24N2O3/c1-2-21-15-7-3-13(4-8-15)17-16(20)9-10-18(11-12-19)14-5-6-14/h3-4,7-8,14,19H,2,5-6,9-12H2,1H3,(H,17,20). The number of aliphatic hydroxyl groups excluding tert-OH is 1. The Labute approximate surface area is 125 Å². The average molecular weight is 292 g/mol. The predicted octanol–water partition coefficient (Wildman–Crippen LogP) is 1.87. The molecule has 1 aromatic rings. The highest BCUT2D eigenvalue weighted by molar-refractivity contribution is 5.90. The minimum Gasteiger partial charge on any atom is -0.494 e. The number of nitrogens with one attached hydrogen (secondary N) is 1. The number of rotatable bonds is 9. The van der Waals surface area contributed by atoms with Gasteiger partial charge in [0, 0.05) is 31.2 Å². The fraction of sp³-hybridized carbons (Fsp3) is 0.562. The summed E-state index contributed by atoms with van der Waals surface area (Å²) in [7, 11) is 0. The van der Waals surface area contributed by atoms with E-state index < -0.39 is 0 Å². The van der Waals surface area contributed by atoms with Crippen LogP contribution in [0.25, 0.3) is 0 Å². The van der Waals surface area contributed by atoms with Crippen molar-refractivity contribution in [2.24, 2.45) is 0 Å². The van der Waals surface area contributed by atoms with Crippen LogP contribution in [0.1, 0.15) is 26.2 Å². The molecule has 1 amide bonds. The van der Waals surface area contributed by atoms with E-state index >= 15 is 0 Å². The highest BCUT2D eigenvalue weighted by Gasteiger charge is 2.28. The molecule has 2 N–H and O–H groups in total. The molecule has 5 heteroatoms. The first kappa shape index (κ1) is 15.8. The molecule has 2 rings (SSSR count). The van der Waals surface area contributed by atoms with Crippen molar-refractivity contribution in [3.63, 3.8) is 0 Å². The molecule has 0 spiro atoms. The number of anilines is 1. The predicted molar refractivity (Wildman–Crippen MR) is 82.5 cm³/mol. The molecule has 1 aromatic carbocycles. The maximum Gasteiger partial charge on any atom is 0.225 e. The number of ether oxygens (including phenoxy) is 1. The van der Waals surface area contributed by atoms with Crippen LogP contribution < -0.4 is 10.1 Å². The van der Waals surface area contributed by atoms with Crippen LogP contribution in [0.3, 0.4) is 0 Å². The van der Waals surface area contributed by atoms with E-state index in [0.717, 1.165) is 11.4 Å². The molecule has 0 heterocycles. The fourth-order valence-electron chi connectivity index (χ4n) is 2.31. The molecule has 116 valence electrons. The topological polar surface area (TPSA) is 61.8 Å². The van der Waals surface area contributed by atoms with Gasteiger partial charge in [-0.3, -0.25) is 9.69 Å². The van der Waals surface area contributed by atoms with Crippen molar-refractivity contribution in [3.05, 3.63) is 24.3 Å². The first-order chi connectivity index (χ1) is 10.2. The maximum atomic E-state index is 11.9. The normalized spacial score (nSPS) is 14.2. The van der Waals surface area contributed by atoms with Crippen molar-refractivity contribution in [2.45, 2.75) is 32.2 Å². The summed E-state index contributed by atoms with van der Waals surface area (Å²) in [6.07, 6.45) is 2.81. The maximum absolute atomic E-state index is 11.9. The van der Waals surface area contributed by atoms with E-state index in [1.54, 1.807) is 0 Å². The summed E-state index contributed by atoms with van der Waals surface area (Å²) in [6, 6.07) is 7.95. The van der Waals surface area contributed by atoms with Gasteiger partial charge in [0.25, 0.3) is 0 Å². The number of aliphatic hydroxyl groups is 1. The van der Waals surface area contributed by atoms with E-state index in [1.807, 2.05) is 31.2 Å². The third-order valence-electron chi connectivity index (χ3n) is 3.53. The van der Waals surface area contributed by atoms with Crippen molar-refractivity contribution in [1.29, 1.82) is 0 Å². The number of carbonyl (C=O) groups excluding carboxylic acids is 1. The third kappa shape index (κ3) is 5.36. The molecule has 1 aliphatic carbocycles. The number of carbonyl (C=O) groups is 1. The van der Waals surface area contributed by atoms with Crippen LogP contribution >= 0.6 is 0 Å². The molecule has 0 aliphatic heterocycles. The molecule has 0 radical (unpaired) electrons. The second-order valence-electron chi connectivity index (χ2n) is 5.25. The average Bonchev–Trinajstić information content (AvgIpc) is 3.30. The molecule has 0 unspecified atom stereocenters. The first-order valence-corrected chi connectivity index (χ1v) is 7.60. The minimum atomic E-state index is 0.00255. The van der Waals surface area contributed by atoms with Crippen molar-refractivity contribution < 1.29 is 14.6 Å². The van der Waals surface area contributed by atoms with Gasteiger partial charge in [-0.05, 0) is 44.0 Å². The summed E-state index contributed by atoms with van der Waals surface area (Å²) in [4.78, 5) is 14.1. The van der Waals surface area contributed by atoms with Crippen molar-refractivity contribution in [2.75, 3.05) is 31.6 Å². The highest BCUT2D eigenvalue weighted by Crippen LogP contribution is 2.26. The van der Waals surface area contributed by atoms with Crippen molar-refractivity contribution in [3.8, 4) is 5.75 Å². The van der Waals surface area contributed by atoms with Crippen LogP contribution in [0.2, 0.25) is 0 Å². The van der Waals surface area contributed by atoms with Gasteiger partial charge < -0.3 is 15.2 Å². The summed E-state index contributed by atoms with van der Waals surface area (Å²) in [5.41, 5.74) is 0.781. The Morgan fingerprint density at radius 3 is 2.62 bits per heavy atom. The molecule has 0 saturated heterocycles. The number of nitrogens with zero attached hydrogens (tertiary/aromatic N) is 1. The van der Waals surface area contributed by atoms with Crippen LogP contribution in [-0.4, -0.2) is 48.3 Å². The summed E-state index contributed by atoms with van der Waals surface area (Å²) in [5.74, 6) is 0.807. The van der Waals surface area contributed by atoms with Crippen LogP contribution in [0.4, 0.5) is 5.69 Å². The van der Waals surface area contributed by atoms with E-state index in [9.17, 15) is 4.79 Å². The van der Waals surface area contributed by atoms with Gasteiger partial charge >= 0.3 is 0 Å². The van der Waals surface area contributed by atoms with Crippen LogP contribution in [-0.2, 0) is 4.79 Å². The Balaban J connectivity index is 1.75. The monoisotopic (exact) mass is 292 g/mol. The lowest BCUT2D eigenvalue weighted by molar-refractivity contribution is -0.116. The fourth-order valence-corrected chi connectivity index (χ4v) is 2.31. The Morgan fingerprint density at radius 2 is 2.05 bits per heavy atom. The molecule has 0 atom stereocenters. The number of amides is 1. The summed E-state index contributed by atoms with van der Waals surface area (Å²) < 4.78 is 5.36. The van der Waals surface area contributed by atoms with Crippen LogP contribution in [0.15, 0.2) is 24.3 Å². The minimum absolute atomic E-state index is 0.00255. The summed E-state index contributed by atoms with van der Waals surface area (Å²) in [6.45, 7) is 4.08. The lowest BCUT2D eigenvalue weighted by atomic mass is 10.3. The zero-order valence-corrected chi connectivity index (χ0v) is 12.5. The molecule has 0 bridgehead atoms. The molecular formula is C16H24N2O3. The Kier molecular flexibility index (Phi) is 6.02. The quantitative estimate of drug-likeness (QED) is 0.729. The first-order valence-electron chi connectivity index (χ1n) is 7.60. The number of hydrogen-bond donors (Lipinski definition) is 2. The van der Waals surface area contributed by atoms with Gasteiger partial charge in [-0.25, -0.2) is 0 Å². The molecule has 0 aromatic heterocycles. The highest BCUT2D eigenvalue weighted by atomic mass is 16.5. The third-order valence-corrected chi connectivity index (χ3v) is 3.53. The summed E-state index contributed by atoms with van der Waals surface area (Å²) in [5, 5.41) is 11.9. The van der Waals surface area contributed by atoms with Crippen molar-refractivity contribution in [1.82, 2.24) is 4.90 Å². The molecule has 1 aliphatic rings. The van der Waals surface area contributed by atoms with Gasteiger partial charge in [0.15, 0.2) is 0 Å². The van der Waals surface area contributed by atoms with E-state index in [-0.39, 0.29) is 12.5 Å². The second kappa shape index (κ2) is 8.00. The van der Waals surface area contributed by atoms with Crippen LogP contribution in [0, 0.1) is 0 Å². The van der Waals surface area contributed by atoms with Gasteiger partial charge in [-0.2, -0.15) is 0 Å². The smallest absolute Gasteiger partial charge is 0.225 e. The summed E-state index contributed by atoms with van der Waals surface area (Å²) >= 11 is 0. The van der Waals surface area contributed by atoms with Gasteiger partial charge in [-0.1, -0.05) is 0 Å². The van der Waals surface area contributed by atoms with E-state index in [4.69, 9.17) is 9.84 Å². The van der Waals surface area contributed by atoms with E-state index in [0.29, 0.717) is 32.2 Å². The Morgan fingerprint density at radius 1 is 1.33 bits per heavy atom. The van der Waals surface area contributed by atoms with Crippen LogP contribution in [0.5, 0.6) is 5.75 Å². The molecule has 21 heavy (non-hydrogen) atoms. The lowest BCUT2D eigenvalue weighted by Crippen LogP contribution is -2.32. The zero-order chi connectivity index (χ0) is 15.1. The van der Waals surface area contributed by atoms with Crippen molar-refractivity contribution >= 4 is 11.6 Å². The molecule has 5 nitrogen and oxygen atoms in total. The van der Waals surface area contributed by atoms with E-state index in [2.05, 4.69) is 10.2 Å². The Hall–Kier alpha value is -1.59. The second-order valence-corrected chi connectivity index (χ2v) is 5.25. The Bertz CT molecular complexity index is 443. The van der Waals surface area contributed by atoms with Gasteiger partial charge in [0.2, 0.25) is 5.91 Å². The number of hydrogen-bond acceptors (Lipinski definition) is 4.